The SMILES string of the molecule is CCC1CCCC(Nc2ccc(N)cc2C(=O)O)C1. The van der Waals surface area contributed by atoms with Gasteiger partial charge < -0.3 is 16.2 Å². The molecule has 1 aliphatic rings. The molecule has 1 aromatic carbocycles. The second kappa shape index (κ2) is 5.95. The van der Waals surface area contributed by atoms with Crippen molar-refractivity contribution in [3.05, 3.63) is 23.8 Å². The fourth-order valence-corrected chi connectivity index (χ4v) is 2.88. The smallest absolute Gasteiger partial charge is 0.337 e. The predicted octanol–water partition coefficient (Wildman–Crippen LogP) is 3.35. The minimum Gasteiger partial charge on any atom is -0.478 e. The van der Waals surface area contributed by atoms with Gasteiger partial charge in [-0.3, -0.25) is 0 Å². The molecule has 0 bridgehead atoms. The van der Waals surface area contributed by atoms with Crippen molar-refractivity contribution >= 4 is 17.3 Å². The normalized spacial score (nSPS) is 23.0. The summed E-state index contributed by atoms with van der Waals surface area (Å²) in [6.07, 6.45) is 5.95. The van der Waals surface area contributed by atoms with E-state index in [1.165, 1.54) is 25.3 Å². The third-order valence-electron chi connectivity index (χ3n) is 3.99. The number of anilines is 2. The topological polar surface area (TPSA) is 75.3 Å². The number of carbonyl (C=O) groups is 1. The van der Waals surface area contributed by atoms with E-state index in [0.717, 1.165) is 18.8 Å². The highest BCUT2D eigenvalue weighted by Gasteiger charge is 2.22. The highest BCUT2D eigenvalue weighted by Crippen LogP contribution is 2.30. The van der Waals surface area contributed by atoms with Crippen molar-refractivity contribution in [2.45, 2.75) is 45.1 Å². The van der Waals surface area contributed by atoms with Crippen LogP contribution in [0.25, 0.3) is 0 Å². The molecule has 2 rings (SSSR count). The zero-order valence-corrected chi connectivity index (χ0v) is 11.4. The summed E-state index contributed by atoms with van der Waals surface area (Å²) in [4.78, 5) is 11.2. The predicted molar refractivity (Wildman–Crippen MR) is 77.5 cm³/mol. The lowest BCUT2D eigenvalue weighted by atomic mass is 9.84. The largest absolute Gasteiger partial charge is 0.478 e. The van der Waals surface area contributed by atoms with Crippen molar-refractivity contribution in [1.82, 2.24) is 0 Å². The molecule has 1 aliphatic carbocycles. The lowest BCUT2D eigenvalue weighted by Crippen LogP contribution is -2.27. The first kappa shape index (κ1) is 13.7. The number of hydrogen-bond donors (Lipinski definition) is 3. The van der Waals surface area contributed by atoms with Gasteiger partial charge in [0.05, 0.1) is 5.56 Å². The number of nitrogens with two attached hydrogens (primary N) is 1. The van der Waals surface area contributed by atoms with E-state index in [0.29, 0.717) is 17.4 Å². The fourth-order valence-electron chi connectivity index (χ4n) is 2.88. The maximum absolute atomic E-state index is 11.2. The summed E-state index contributed by atoms with van der Waals surface area (Å²) in [5.74, 6) is -0.175. The highest BCUT2D eigenvalue weighted by molar-refractivity contribution is 5.95. The Morgan fingerprint density at radius 3 is 2.95 bits per heavy atom. The van der Waals surface area contributed by atoms with E-state index < -0.39 is 5.97 Å². The van der Waals surface area contributed by atoms with Crippen LogP contribution in [0.15, 0.2) is 18.2 Å². The zero-order chi connectivity index (χ0) is 13.8. The van der Waals surface area contributed by atoms with E-state index in [-0.39, 0.29) is 5.56 Å². The second-order valence-corrected chi connectivity index (χ2v) is 5.39. The Bertz CT molecular complexity index is 459. The van der Waals surface area contributed by atoms with E-state index in [1.807, 2.05) is 0 Å². The van der Waals surface area contributed by atoms with Crippen LogP contribution in [0.3, 0.4) is 0 Å². The molecule has 1 aromatic rings. The van der Waals surface area contributed by atoms with Crippen molar-refractivity contribution in [1.29, 1.82) is 0 Å². The Hall–Kier alpha value is -1.71. The lowest BCUT2D eigenvalue weighted by Gasteiger charge is -2.30. The first-order chi connectivity index (χ1) is 9.10. The monoisotopic (exact) mass is 262 g/mol. The molecule has 1 saturated carbocycles. The Kier molecular flexibility index (Phi) is 4.30. The van der Waals surface area contributed by atoms with Gasteiger partial charge in [-0.15, -0.1) is 0 Å². The van der Waals surface area contributed by atoms with Crippen LogP contribution in [0.2, 0.25) is 0 Å². The number of nitrogen functional groups attached to an aromatic ring is 1. The summed E-state index contributed by atoms with van der Waals surface area (Å²) in [7, 11) is 0. The van der Waals surface area contributed by atoms with Gasteiger partial charge in [0.25, 0.3) is 0 Å². The van der Waals surface area contributed by atoms with Crippen LogP contribution >= 0.6 is 0 Å². The van der Waals surface area contributed by atoms with Crippen molar-refractivity contribution < 1.29 is 9.90 Å². The molecule has 0 radical (unpaired) electrons. The van der Waals surface area contributed by atoms with Crippen LogP contribution in [0.5, 0.6) is 0 Å². The Morgan fingerprint density at radius 1 is 1.47 bits per heavy atom. The van der Waals surface area contributed by atoms with Crippen LogP contribution in [0.1, 0.15) is 49.4 Å². The van der Waals surface area contributed by atoms with Crippen molar-refractivity contribution in [3.8, 4) is 0 Å². The Balaban J connectivity index is 2.12. The maximum atomic E-state index is 11.2. The van der Waals surface area contributed by atoms with Crippen molar-refractivity contribution in [2.75, 3.05) is 11.1 Å². The average Bonchev–Trinajstić information content (AvgIpc) is 2.41. The molecule has 0 heterocycles. The quantitative estimate of drug-likeness (QED) is 0.727. The molecule has 2 unspecified atom stereocenters. The van der Waals surface area contributed by atoms with Gasteiger partial charge in [0, 0.05) is 17.4 Å². The minimum absolute atomic E-state index is 0.263. The number of hydrogen-bond acceptors (Lipinski definition) is 3. The number of rotatable bonds is 4. The van der Waals surface area contributed by atoms with Crippen LogP contribution in [-0.2, 0) is 0 Å². The van der Waals surface area contributed by atoms with Gasteiger partial charge in [-0.2, -0.15) is 0 Å². The molecule has 0 saturated heterocycles. The summed E-state index contributed by atoms with van der Waals surface area (Å²) in [5.41, 5.74) is 7.08. The molecular weight excluding hydrogens is 240 g/mol. The van der Waals surface area contributed by atoms with Gasteiger partial charge in [-0.25, -0.2) is 4.79 Å². The molecule has 0 aromatic heterocycles. The number of nitrogens with one attached hydrogen (secondary N) is 1. The summed E-state index contributed by atoms with van der Waals surface area (Å²) in [5, 5.41) is 12.6. The van der Waals surface area contributed by atoms with Crippen LogP contribution in [0.4, 0.5) is 11.4 Å². The average molecular weight is 262 g/mol. The van der Waals surface area contributed by atoms with Crippen molar-refractivity contribution in [3.63, 3.8) is 0 Å². The number of aromatic carboxylic acids is 1. The molecule has 0 aliphatic heterocycles. The van der Waals surface area contributed by atoms with E-state index >= 15 is 0 Å². The van der Waals surface area contributed by atoms with E-state index in [4.69, 9.17) is 5.73 Å². The lowest BCUT2D eigenvalue weighted by molar-refractivity contribution is 0.0698. The fraction of sp³-hybridized carbons (Fsp3) is 0.533. The molecule has 0 amide bonds. The molecule has 0 spiro atoms. The zero-order valence-electron chi connectivity index (χ0n) is 11.4. The van der Waals surface area contributed by atoms with E-state index in [2.05, 4.69) is 12.2 Å². The summed E-state index contributed by atoms with van der Waals surface area (Å²) < 4.78 is 0. The van der Waals surface area contributed by atoms with E-state index in [1.54, 1.807) is 12.1 Å². The second-order valence-electron chi connectivity index (χ2n) is 5.39. The molecule has 4 nitrogen and oxygen atoms in total. The summed E-state index contributed by atoms with van der Waals surface area (Å²) in [6, 6.07) is 5.41. The van der Waals surface area contributed by atoms with Gasteiger partial charge in [0.2, 0.25) is 0 Å². The van der Waals surface area contributed by atoms with Crippen LogP contribution in [0, 0.1) is 5.92 Å². The Morgan fingerprint density at radius 2 is 2.26 bits per heavy atom. The van der Waals surface area contributed by atoms with Gasteiger partial charge in [0.15, 0.2) is 0 Å². The molecule has 4 N–H and O–H groups in total. The third kappa shape index (κ3) is 3.40. The van der Waals surface area contributed by atoms with Gasteiger partial charge in [-0.05, 0) is 37.0 Å². The first-order valence-corrected chi connectivity index (χ1v) is 6.99. The maximum Gasteiger partial charge on any atom is 0.337 e. The third-order valence-corrected chi connectivity index (χ3v) is 3.99. The van der Waals surface area contributed by atoms with Gasteiger partial charge in [-0.1, -0.05) is 26.2 Å². The number of benzene rings is 1. The molecule has 1 fully saturated rings. The molecule has 4 heteroatoms. The summed E-state index contributed by atoms with van der Waals surface area (Å²) in [6.45, 7) is 2.22. The molecule has 2 atom stereocenters. The Labute approximate surface area is 114 Å². The highest BCUT2D eigenvalue weighted by atomic mass is 16.4. The number of carboxylic acid groups (broad SMARTS) is 1. The van der Waals surface area contributed by atoms with Crippen LogP contribution in [-0.4, -0.2) is 17.1 Å². The van der Waals surface area contributed by atoms with Gasteiger partial charge in [0.1, 0.15) is 0 Å². The van der Waals surface area contributed by atoms with Gasteiger partial charge >= 0.3 is 5.97 Å². The minimum atomic E-state index is -0.933. The molecular formula is C15H22N2O2. The molecule has 104 valence electrons. The standard InChI is InChI=1S/C15H22N2O2/c1-2-10-4-3-5-12(8-10)17-14-7-6-11(16)9-13(14)15(18)19/h6-7,9-10,12,17H,2-5,8,16H2,1H3,(H,18,19). The van der Waals surface area contributed by atoms with Crippen LogP contribution < -0.4 is 11.1 Å². The summed E-state index contributed by atoms with van der Waals surface area (Å²) >= 11 is 0. The van der Waals surface area contributed by atoms with Crippen molar-refractivity contribution in [2.24, 2.45) is 5.92 Å². The first-order valence-electron chi connectivity index (χ1n) is 6.99. The van der Waals surface area contributed by atoms with E-state index in [9.17, 15) is 9.90 Å². The number of carboxylic acids is 1. The molecule has 19 heavy (non-hydrogen) atoms.